The van der Waals surface area contributed by atoms with Gasteiger partial charge in [-0.3, -0.25) is 0 Å². The fraction of sp³-hybridized carbons (Fsp3) is 0.800. The number of nitrogens with two attached hydrogens (primary N) is 1. The molecule has 0 saturated heterocycles. The summed E-state index contributed by atoms with van der Waals surface area (Å²) in [6.45, 7) is 1.36. The molecule has 5 N–H and O–H groups in total. The standard InChI is InChI=1S/C5H12N2O3/c1-3(8)5(10)4(9)2-7-6/h2-5,8-10H,6H2,1H3/b7-2+/t3-,4+,5-/m0/s1. The summed E-state index contributed by atoms with van der Waals surface area (Å²) >= 11 is 0. The zero-order chi connectivity index (χ0) is 8.15. The Morgan fingerprint density at radius 1 is 1.40 bits per heavy atom. The maximum atomic E-state index is 8.88. The molecule has 0 saturated carbocycles. The lowest BCUT2D eigenvalue weighted by molar-refractivity contribution is -0.0240. The topological polar surface area (TPSA) is 99.1 Å². The summed E-state index contributed by atoms with van der Waals surface area (Å²) in [5.41, 5.74) is 0. The minimum Gasteiger partial charge on any atom is -0.391 e. The van der Waals surface area contributed by atoms with Crippen LogP contribution in [0.4, 0.5) is 0 Å². The van der Waals surface area contributed by atoms with Crippen molar-refractivity contribution >= 4 is 6.21 Å². The van der Waals surface area contributed by atoms with E-state index in [0.717, 1.165) is 6.21 Å². The summed E-state index contributed by atoms with van der Waals surface area (Å²) in [7, 11) is 0. The molecule has 3 atom stereocenters. The van der Waals surface area contributed by atoms with Crippen LogP contribution in [0.2, 0.25) is 0 Å². The maximum absolute atomic E-state index is 8.88. The monoisotopic (exact) mass is 148 g/mol. The van der Waals surface area contributed by atoms with E-state index < -0.39 is 18.3 Å². The molecule has 0 bridgehead atoms. The smallest absolute Gasteiger partial charge is 0.119 e. The first-order chi connectivity index (χ1) is 4.59. The second kappa shape index (κ2) is 4.21. The molecular formula is C5H12N2O3. The molecule has 60 valence electrons. The highest BCUT2D eigenvalue weighted by Gasteiger charge is 2.18. The second-order valence-corrected chi connectivity index (χ2v) is 2.02. The lowest BCUT2D eigenvalue weighted by atomic mass is 10.1. The zero-order valence-corrected chi connectivity index (χ0v) is 5.68. The first-order valence-electron chi connectivity index (χ1n) is 2.87. The fourth-order valence-corrected chi connectivity index (χ4v) is 0.462. The highest BCUT2D eigenvalue weighted by Crippen LogP contribution is 1.96. The molecule has 0 amide bonds. The van der Waals surface area contributed by atoms with E-state index in [1.165, 1.54) is 6.92 Å². The highest BCUT2D eigenvalue weighted by atomic mass is 16.4. The Hall–Kier alpha value is -0.650. The van der Waals surface area contributed by atoms with Crippen LogP contribution in [-0.2, 0) is 0 Å². The molecule has 0 aromatic carbocycles. The molecule has 0 aliphatic carbocycles. The van der Waals surface area contributed by atoms with E-state index in [1.807, 2.05) is 0 Å². The van der Waals surface area contributed by atoms with Crippen molar-refractivity contribution in [3.63, 3.8) is 0 Å². The summed E-state index contributed by atoms with van der Waals surface area (Å²) in [4.78, 5) is 0. The first-order valence-corrected chi connectivity index (χ1v) is 2.87. The molecule has 5 nitrogen and oxygen atoms in total. The third kappa shape index (κ3) is 2.77. The van der Waals surface area contributed by atoms with E-state index >= 15 is 0 Å². The predicted molar refractivity (Wildman–Crippen MR) is 36.4 cm³/mol. The second-order valence-electron chi connectivity index (χ2n) is 2.02. The van der Waals surface area contributed by atoms with Crippen LogP contribution >= 0.6 is 0 Å². The third-order valence-electron chi connectivity index (χ3n) is 1.08. The van der Waals surface area contributed by atoms with Crippen molar-refractivity contribution in [1.29, 1.82) is 0 Å². The van der Waals surface area contributed by atoms with Gasteiger partial charge in [-0.15, -0.1) is 0 Å². The Kier molecular flexibility index (Phi) is 3.94. The Morgan fingerprint density at radius 2 is 1.90 bits per heavy atom. The number of hydrogen-bond donors (Lipinski definition) is 4. The Morgan fingerprint density at radius 3 is 2.20 bits per heavy atom. The van der Waals surface area contributed by atoms with Gasteiger partial charge in [-0.05, 0) is 6.92 Å². The quantitative estimate of drug-likeness (QED) is 0.212. The largest absolute Gasteiger partial charge is 0.391 e. The Bertz CT molecular complexity index is 115. The number of hydrazone groups is 1. The van der Waals surface area contributed by atoms with Gasteiger partial charge in [0, 0.05) is 0 Å². The van der Waals surface area contributed by atoms with Crippen LogP contribution in [0.3, 0.4) is 0 Å². The summed E-state index contributed by atoms with van der Waals surface area (Å²) in [6, 6.07) is 0. The van der Waals surface area contributed by atoms with E-state index in [9.17, 15) is 0 Å². The van der Waals surface area contributed by atoms with E-state index in [1.54, 1.807) is 0 Å². The minimum atomic E-state index is -1.23. The molecule has 0 aromatic heterocycles. The van der Waals surface area contributed by atoms with Crippen molar-refractivity contribution in [3.8, 4) is 0 Å². The minimum absolute atomic E-state index is 0.956. The summed E-state index contributed by atoms with van der Waals surface area (Å²) in [5, 5.41) is 29.4. The van der Waals surface area contributed by atoms with Gasteiger partial charge in [-0.25, -0.2) is 0 Å². The molecule has 10 heavy (non-hydrogen) atoms. The Balaban J connectivity index is 3.81. The van der Waals surface area contributed by atoms with Crippen molar-refractivity contribution in [2.24, 2.45) is 10.9 Å². The van der Waals surface area contributed by atoms with Crippen LogP contribution in [0.1, 0.15) is 6.92 Å². The molecule has 0 unspecified atom stereocenters. The van der Waals surface area contributed by atoms with Crippen LogP contribution in [0.15, 0.2) is 5.10 Å². The van der Waals surface area contributed by atoms with Gasteiger partial charge in [0.1, 0.15) is 12.2 Å². The van der Waals surface area contributed by atoms with Crippen molar-refractivity contribution in [2.45, 2.75) is 25.2 Å². The average Bonchev–Trinajstić information content (AvgIpc) is 1.87. The Labute approximate surface area is 58.8 Å². The van der Waals surface area contributed by atoms with E-state index in [0.29, 0.717) is 0 Å². The lowest BCUT2D eigenvalue weighted by Gasteiger charge is -2.15. The molecule has 0 fully saturated rings. The molecule has 5 heteroatoms. The van der Waals surface area contributed by atoms with Gasteiger partial charge in [0.15, 0.2) is 0 Å². The van der Waals surface area contributed by atoms with Crippen LogP contribution in [0.25, 0.3) is 0 Å². The van der Waals surface area contributed by atoms with Gasteiger partial charge in [-0.1, -0.05) is 0 Å². The molecule has 0 aliphatic heterocycles. The van der Waals surface area contributed by atoms with Gasteiger partial charge in [-0.2, -0.15) is 5.10 Å². The number of nitrogens with zero attached hydrogens (tertiary/aromatic N) is 1. The van der Waals surface area contributed by atoms with Crippen LogP contribution in [0.5, 0.6) is 0 Å². The normalized spacial score (nSPS) is 20.8. The molecule has 0 spiro atoms. The maximum Gasteiger partial charge on any atom is 0.119 e. The number of hydrogen-bond acceptors (Lipinski definition) is 5. The molecule has 0 aliphatic rings. The van der Waals surface area contributed by atoms with Gasteiger partial charge < -0.3 is 21.2 Å². The summed E-state index contributed by atoms with van der Waals surface area (Å²) in [6.07, 6.45) is -2.47. The summed E-state index contributed by atoms with van der Waals surface area (Å²) in [5.74, 6) is 4.68. The molecule has 0 aromatic rings. The number of aliphatic hydroxyl groups excluding tert-OH is 3. The van der Waals surface area contributed by atoms with Crippen LogP contribution in [-0.4, -0.2) is 39.8 Å². The highest BCUT2D eigenvalue weighted by molar-refractivity contribution is 5.63. The van der Waals surface area contributed by atoms with Crippen LogP contribution < -0.4 is 5.84 Å². The molecular weight excluding hydrogens is 136 g/mol. The fourth-order valence-electron chi connectivity index (χ4n) is 0.462. The lowest BCUT2D eigenvalue weighted by Crippen LogP contribution is -2.36. The number of rotatable bonds is 3. The van der Waals surface area contributed by atoms with Crippen molar-refractivity contribution in [3.05, 3.63) is 0 Å². The van der Waals surface area contributed by atoms with Crippen molar-refractivity contribution in [2.75, 3.05) is 0 Å². The third-order valence-corrected chi connectivity index (χ3v) is 1.08. The van der Waals surface area contributed by atoms with Gasteiger partial charge in [0.2, 0.25) is 0 Å². The van der Waals surface area contributed by atoms with Gasteiger partial charge >= 0.3 is 0 Å². The molecule has 0 heterocycles. The average molecular weight is 148 g/mol. The molecule has 0 radical (unpaired) electrons. The van der Waals surface area contributed by atoms with Crippen molar-refractivity contribution < 1.29 is 15.3 Å². The van der Waals surface area contributed by atoms with Gasteiger partial charge in [0.05, 0.1) is 12.3 Å². The van der Waals surface area contributed by atoms with Crippen LogP contribution in [0, 0.1) is 0 Å². The van der Waals surface area contributed by atoms with E-state index in [4.69, 9.17) is 15.3 Å². The predicted octanol–water partition coefficient (Wildman–Crippen LogP) is -1.97. The van der Waals surface area contributed by atoms with Gasteiger partial charge in [0.25, 0.3) is 0 Å². The zero-order valence-electron chi connectivity index (χ0n) is 5.68. The van der Waals surface area contributed by atoms with Crippen molar-refractivity contribution in [1.82, 2.24) is 0 Å². The number of aliphatic hydroxyl groups is 3. The summed E-state index contributed by atoms with van der Waals surface area (Å²) < 4.78 is 0. The molecule has 0 rings (SSSR count). The first kappa shape index (κ1) is 9.35. The van der Waals surface area contributed by atoms with E-state index in [-0.39, 0.29) is 0 Å². The SMILES string of the molecule is C[C@H](O)[C@H](O)[C@H](O)/C=N/N. The van der Waals surface area contributed by atoms with E-state index in [2.05, 4.69) is 10.9 Å².